The first kappa shape index (κ1) is 26.9. The third-order valence-electron chi connectivity index (χ3n) is 5.59. The van der Waals surface area contributed by atoms with Crippen LogP contribution in [-0.2, 0) is 11.4 Å². The van der Waals surface area contributed by atoms with Gasteiger partial charge in [-0.25, -0.2) is 0 Å². The molecule has 190 valence electrons. The summed E-state index contributed by atoms with van der Waals surface area (Å²) in [4.78, 5) is 23.2. The number of benzene rings is 4. The highest BCUT2D eigenvalue weighted by atomic mass is 79.9. The standard InChI is InChI=1S/C28H19Br2N3O5/c1-37-26-13-17(11-20(15-31)28(34)32-25-10-9-21(33(35)36)14-23(25)29)12-24(30)27(26)38-16-19-7-4-6-18-5-2-3-8-22(18)19/h2-14H,16H2,1H3,(H,32,34)/b20-11+. The van der Waals surface area contributed by atoms with Crippen LogP contribution in [0.1, 0.15) is 11.1 Å². The van der Waals surface area contributed by atoms with E-state index in [0.717, 1.165) is 16.3 Å². The Morgan fingerprint density at radius 2 is 1.84 bits per heavy atom. The SMILES string of the molecule is COc1cc(/C=C(\C#N)C(=O)Nc2ccc([N+](=O)[O-])cc2Br)cc(Br)c1OCc1cccc2ccccc12. The summed E-state index contributed by atoms with van der Waals surface area (Å²) in [5, 5.41) is 25.4. The molecule has 4 aromatic rings. The summed E-state index contributed by atoms with van der Waals surface area (Å²) in [5.74, 6) is 0.227. The van der Waals surface area contributed by atoms with Gasteiger partial charge < -0.3 is 14.8 Å². The van der Waals surface area contributed by atoms with Crippen LogP contribution in [0.3, 0.4) is 0 Å². The molecule has 0 aliphatic carbocycles. The average molecular weight is 637 g/mol. The molecule has 0 radical (unpaired) electrons. The number of fused-ring (bicyclic) bond motifs is 1. The van der Waals surface area contributed by atoms with Gasteiger partial charge in [-0.15, -0.1) is 0 Å². The molecular formula is C28H19Br2N3O5. The van der Waals surface area contributed by atoms with Crippen LogP contribution in [0.25, 0.3) is 16.8 Å². The Morgan fingerprint density at radius 3 is 2.55 bits per heavy atom. The van der Waals surface area contributed by atoms with E-state index < -0.39 is 10.8 Å². The molecule has 0 aliphatic rings. The minimum Gasteiger partial charge on any atom is -0.493 e. The molecule has 0 bridgehead atoms. The highest BCUT2D eigenvalue weighted by molar-refractivity contribution is 9.11. The van der Waals surface area contributed by atoms with Gasteiger partial charge in [-0.05, 0) is 78.0 Å². The maximum Gasteiger partial charge on any atom is 0.270 e. The Labute approximate surface area is 234 Å². The maximum atomic E-state index is 12.8. The second kappa shape index (κ2) is 11.9. The molecule has 1 amide bonds. The predicted octanol–water partition coefficient (Wildman–Crippen LogP) is 7.41. The number of nitriles is 1. The number of nitro groups is 1. The number of nitro benzene ring substituents is 1. The smallest absolute Gasteiger partial charge is 0.270 e. The number of rotatable bonds is 8. The molecule has 8 nitrogen and oxygen atoms in total. The molecule has 0 saturated carbocycles. The number of hydrogen-bond acceptors (Lipinski definition) is 6. The molecule has 0 atom stereocenters. The summed E-state index contributed by atoms with van der Waals surface area (Å²) >= 11 is 6.72. The zero-order valence-corrected chi connectivity index (χ0v) is 23.1. The molecule has 4 rings (SSSR count). The lowest BCUT2D eigenvalue weighted by Crippen LogP contribution is -2.14. The van der Waals surface area contributed by atoms with Crippen molar-refractivity contribution in [2.75, 3.05) is 12.4 Å². The molecule has 1 N–H and O–H groups in total. The Bertz CT molecular complexity index is 1620. The summed E-state index contributed by atoms with van der Waals surface area (Å²) in [6, 6.07) is 23.2. The van der Waals surface area contributed by atoms with E-state index in [9.17, 15) is 20.2 Å². The zero-order valence-electron chi connectivity index (χ0n) is 19.9. The number of carbonyl (C=O) groups excluding carboxylic acids is 1. The molecule has 0 unspecified atom stereocenters. The molecule has 0 saturated heterocycles. The Balaban J connectivity index is 1.56. The molecule has 38 heavy (non-hydrogen) atoms. The minimum atomic E-state index is -0.673. The second-order valence-corrected chi connectivity index (χ2v) is 9.71. The molecule has 4 aromatic carbocycles. The van der Waals surface area contributed by atoms with Gasteiger partial charge in [0.05, 0.1) is 22.2 Å². The van der Waals surface area contributed by atoms with Crippen LogP contribution >= 0.6 is 31.9 Å². The lowest BCUT2D eigenvalue weighted by atomic mass is 10.1. The van der Waals surface area contributed by atoms with E-state index in [0.29, 0.717) is 32.6 Å². The van der Waals surface area contributed by atoms with Gasteiger partial charge in [0.1, 0.15) is 18.2 Å². The average Bonchev–Trinajstić information content (AvgIpc) is 2.91. The molecule has 0 heterocycles. The Kier molecular flexibility index (Phi) is 8.41. The lowest BCUT2D eigenvalue weighted by Gasteiger charge is -2.15. The second-order valence-electron chi connectivity index (χ2n) is 8.01. The number of non-ortho nitro benzene ring substituents is 1. The molecule has 10 heteroatoms. The summed E-state index contributed by atoms with van der Waals surface area (Å²) in [6.45, 7) is 0.307. The Hall–Kier alpha value is -4.20. The third kappa shape index (κ3) is 6.02. The third-order valence-corrected chi connectivity index (χ3v) is 6.84. The summed E-state index contributed by atoms with van der Waals surface area (Å²) in [7, 11) is 1.50. The van der Waals surface area contributed by atoms with E-state index in [2.05, 4.69) is 37.2 Å². The van der Waals surface area contributed by atoms with Crippen molar-refractivity contribution in [3.8, 4) is 17.6 Å². The number of nitrogens with one attached hydrogen (secondary N) is 1. The fourth-order valence-electron chi connectivity index (χ4n) is 3.76. The summed E-state index contributed by atoms with van der Waals surface area (Å²) in [5.41, 5.74) is 1.53. The van der Waals surface area contributed by atoms with E-state index >= 15 is 0 Å². The minimum absolute atomic E-state index is 0.134. The highest BCUT2D eigenvalue weighted by Crippen LogP contribution is 2.38. The number of ether oxygens (including phenoxy) is 2. The number of anilines is 1. The number of nitrogens with zero attached hydrogens (tertiary/aromatic N) is 2. The van der Waals surface area contributed by atoms with Crippen molar-refractivity contribution in [2.24, 2.45) is 0 Å². The maximum absolute atomic E-state index is 12.8. The first-order chi connectivity index (χ1) is 18.3. The molecule has 0 aromatic heterocycles. The van der Waals surface area contributed by atoms with Crippen LogP contribution < -0.4 is 14.8 Å². The van der Waals surface area contributed by atoms with E-state index in [1.807, 2.05) is 48.5 Å². The van der Waals surface area contributed by atoms with Gasteiger partial charge in [0, 0.05) is 16.6 Å². The van der Waals surface area contributed by atoms with Gasteiger partial charge in [-0.2, -0.15) is 5.26 Å². The normalized spacial score (nSPS) is 11.1. The largest absolute Gasteiger partial charge is 0.493 e. The van der Waals surface area contributed by atoms with Crippen LogP contribution in [0.4, 0.5) is 11.4 Å². The van der Waals surface area contributed by atoms with Crippen molar-refractivity contribution < 1.29 is 19.2 Å². The number of halogens is 2. The first-order valence-electron chi connectivity index (χ1n) is 11.1. The van der Waals surface area contributed by atoms with Crippen LogP contribution in [0.5, 0.6) is 11.5 Å². The van der Waals surface area contributed by atoms with Gasteiger partial charge in [-0.1, -0.05) is 42.5 Å². The van der Waals surface area contributed by atoms with Crippen LogP contribution in [0.15, 0.2) is 87.3 Å². The van der Waals surface area contributed by atoms with E-state index in [1.165, 1.54) is 31.4 Å². The fourth-order valence-corrected chi connectivity index (χ4v) is 4.80. The molecule has 0 fully saturated rings. The van der Waals surface area contributed by atoms with E-state index in [-0.39, 0.29) is 16.9 Å². The topological polar surface area (TPSA) is 114 Å². The number of methoxy groups -OCH3 is 1. The van der Waals surface area contributed by atoms with Crippen molar-refractivity contribution in [1.82, 2.24) is 0 Å². The molecule has 0 aliphatic heterocycles. The zero-order chi connectivity index (χ0) is 27.2. The van der Waals surface area contributed by atoms with Crippen molar-refractivity contribution in [3.05, 3.63) is 109 Å². The first-order valence-corrected chi connectivity index (χ1v) is 12.7. The van der Waals surface area contributed by atoms with Crippen molar-refractivity contribution >= 4 is 66.0 Å². The fraction of sp³-hybridized carbons (Fsp3) is 0.0714. The lowest BCUT2D eigenvalue weighted by molar-refractivity contribution is -0.384. The van der Waals surface area contributed by atoms with Crippen molar-refractivity contribution in [2.45, 2.75) is 6.61 Å². The number of carbonyl (C=O) groups is 1. The van der Waals surface area contributed by atoms with Gasteiger partial charge >= 0.3 is 0 Å². The van der Waals surface area contributed by atoms with Gasteiger partial charge in [0.25, 0.3) is 11.6 Å². The number of amides is 1. The van der Waals surface area contributed by atoms with Crippen LogP contribution in [0.2, 0.25) is 0 Å². The van der Waals surface area contributed by atoms with E-state index in [4.69, 9.17) is 9.47 Å². The van der Waals surface area contributed by atoms with Crippen molar-refractivity contribution in [3.63, 3.8) is 0 Å². The van der Waals surface area contributed by atoms with Crippen molar-refractivity contribution in [1.29, 1.82) is 5.26 Å². The van der Waals surface area contributed by atoms with Crippen LogP contribution in [-0.4, -0.2) is 17.9 Å². The number of hydrogen-bond donors (Lipinski definition) is 1. The van der Waals surface area contributed by atoms with E-state index in [1.54, 1.807) is 12.1 Å². The highest BCUT2D eigenvalue weighted by Gasteiger charge is 2.16. The monoisotopic (exact) mass is 635 g/mol. The summed E-state index contributed by atoms with van der Waals surface area (Å²) in [6.07, 6.45) is 1.41. The van der Waals surface area contributed by atoms with Crippen LogP contribution in [0, 0.1) is 21.4 Å². The summed E-state index contributed by atoms with van der Waals surface area (Å²) < 4.78 is 12.5. The Morgan fingerprint density at radius 1 is 1.08 bits per heavy atom. The predicted molar refractivity (Wildman–Crippen MR) is 152 cm³/mol. The molecule has 0 spiro atoms. The van der Waals surface area contributed by atoms with Gasteiger partial charge in [0.15, 0.2) is 11.5 Å². The quantitative estimate of drug-likeness (QED) is 0.0932. The van der Waals surface area contributed by atoms with Gasteiger partial charge in [-0.3, -0.25) is 14.9 Å². The van der Waals surface area contributed by atoms with Gasteiger partial charge in [0.2, 0.25) is 0 Å². The molecular weight excluding hydrogens is 618 g/mol.